The van der Waals surface area contributed by atoms with E-state index in [9.17, 15) is 9.59 Å². The van der Waals surface area contributed by atoms with E-state index < -0.39 is 0 Å². The van der Waals surface area contributed by atoms with Gasteiger partial charge in [0, 0.05) is 33.6 Å². The average Bonchev–Trinajstić information content (AvgIpc) is 2.85. The molecule has 0 saturated carbocycles. The molecule has 1 saturated heterocycles. The summed E-state index contributed by atoms with van der Waals surface area (Å²) in [4.78, 5) is 28.1. The second-order valence-electron chi connectivity index (χ2n) is 5.42. The zero-order valence-electron chi connectivity index (χ0n) is 12.1. The van der Waals surface area contributed by atoms with Crippen molar-refractivity contribution in [3.8, 4) is 0 Å². The third-order valence-corrected chi connectivity index (χ3v) is 4.53. The average molecular weight is 296 g/mol. The Morgan fingerprint density at radius 1 is 1.35 bits per heavy atom. The molecule has 20 heavy (non-hydrogen) atoms. The summed E-state index contributed by atoms with van der Waals surface area (Å²) in [6.45, 7) is 3.22. The van der Waals surface area contributed by atoms with Crippen LogP contribution >= 0.6 is 11.5 Å². The molecule has 0 aliphatic carbocycles. The van der Waals surface area contributed by atoms with Crippen LogP contribution in [-0.2, 0) is 4.79 Å². The van der Waals surface area contributed by atoms with Gasteiger partial charge in [0.2, 0.25) is 5.91 Å². The first kappa shape index (κ1) is 14.9. The predicted octanol–water partition coefficient (Wildman–Crippen LogP) is 1.18. The van der Waals surface area contributed by atoms with Crippen molar-refractivity contribution in [1.29, 1.82) is 0 Å². The number of nitrogens with zero attached hydrogens (tertiary/aromatic N) is 4. The molecule has 1 aliphatic heterocycles. The number of carbonyl (C=O) groups excluding carboxylic acids is 2. The number of carbonyl (C=O) groups is 2. The highest BCUT2D eigenvalue weighted by atomic mass is 32.1. The minimum atomic E-state index is 0.0230. The minimum absolute atomic E-state index is 0.0230. The summed E-state index contributed by atoms with van der Waals surface area (Å²) in [7, 11) is 3.56. The minimum Gasteiger partial charge on any atom is -0.349 e. The molecule has 0 spiro atoms. The Labute approximate surface area is 122 Å². The van der Waals surface area contributed by atoms with Gasteiger partial charge in [-0.1, -0.05) is 4.49 Å². The van der Waals surface area contributed by atoms with Gasteiger partial charge in [-0.3, -0.25) is 9.59 Å². The van der Waals surface area contributed by atoms with Crippen LogP contribution in [0.15, 0.2) is 0 Å². The van der Waals surface area contributed by atoms with Crippen LogP contribution in [0.3, 0.4) is 0 Å². The normalized spacial score (nSPS) is 16.2. The molecule has 0 bridgehead atoms. The maximum Gasteiger partial charge on any atom is 0.267 e. The standard InChI is InChI=1S/C13H20N4O2S/c1-9-12(20-15-14-9)13(19)17-6-4-10(5-7-17)8-11(18)16(2)3/h10H,4-8H2,1-3H3. The number of likely N-dealkylation sites (tertiary alicyclic amines) is 1. The van der Waals surface area contributed by atoms with Crippen molar-refractivity contribution in [3.63, 3.8) is 0 Å². The van der Waals surface area contributed by atoms with Gasteiger partial charge in [-0.15, -0.1) is 5.10 Å². The molecule has 7 heteroatoms. The van der Waals surface area contributed by atoms with Gasteiger partial charge < -0.3 is 9.80 Å². The van der Waals surface area contributed by atoms with Gasteiger partial charge >= 0.3 is 0 Å². The molecule has 2 rings (SSSR count). The third-order valence-electron chi connectivity index (χ3n) is 3.71. The van der Waals surface area contributed by atoms with Crippen LogP contribution in [0.25, 0.3) is 0 Å². The lowest BCUT2D eigenvalue weighted by Gasteiger charge is -2.31. The van der Waals surface area contributed by atoms with Crippen LogP contribution in [0.2, 0.25) is 0 Å². The van der Waals surface area contributed by atoms with E-state index in [1.54, 1.807) is 25.9 Å². The maximum atomic E-state index is 12.3. The van der Waals surface area contributed by atoms with Crippen LogP contribution in [0.4, 0.5) is 0 Å². The lowest BCUT2D eigenvalue weighted by Crippen LogP contribution is -2.39. The highest BCUT2D eigenvalue weighted by Crippen LogP contribution is 2.23. The molecule has 0 unspecified atom stereocenters. The van der Waals surface area contributed by atoms with E-state index in [1.807, 2.05) is 4.90 Å². The van der Waals surface area contributed by atoms with Crippen molar-refractivity contribution in [2.45, 2.75) is 26.2 Å². The van der Waals surface area contributed by atoms with Gasteiger partial charge in [-0.2, -0.15) is 0 Å². The smallest absolute Gasteiger partial charge is 0.267 e. The Kier molecular flexibility index (Phi) is 4.69. The fourth-order valence-electron chi connectivity index (χ4n) is 2.34. The lowest BCUT2D eigenvalue weighted by atomic mass is 9.93. The van der Waals surface area contributed by atoms with Crippen molar-refractivity contribution in [2.75, 3.05) is 27.2 Å². The topological polar surface area (TPSA) is 66.4 Å². The summed E-state index contributed by atoms with van der Waals surface area (Å²) in [5, 5.41) is 3.88. The molecule has 110 valence electrons. The maximum absolute atomic E-state index is 12.3. The van der Waals surface area contributed by atoms with Crippen molar-refractivity contribution in [1.82, 2.24) is 19.4 Å². The van der Waals surface area contributed by atoms with E-state index in [-0.39, 0.29) is 11.8 Å². The number of aromatic nitrogens is 2. The molecule has 1 aromatic heterocycles. The zero-order chi connectivity index (χ0) is 14.7. The molecule has 0 radical (unpaired) electrons. The zero-order valence-corrected chi connectivity index (χ0v) is 12.9. The van der Waals surface area contributed by atoms with Gasteiger partial charge in [0.15, 0.2) is 0 Å². The van der Waals surface area contributed by atoms with Crippen molar-refractivity contribution in [2.24, 2.45) is 5.92 Å². The van der Waals surface area contributed by atoms with Gasteiger partial charge in [0.1, 0.15) is 4.88 Å². The Morgan fingerprint density at radius 2 is 2.00 bits per heavy atom. The van der Waals surface area contributed by atoms with Gasteiger partial charge in [-0.25, -0.2) is 0 Å². The molecular formula is C13H20N4O2S. The quantitative estimate of drug-likeness (QED) is 0.840. The van der Waals surface area contributed by atoms with E-state index >= 15 is 0 Å². The molecule has 1 aliphatic rings. The van der Waals surface area contributed by atoms with Crippen LogP contribution in [0.1, 0.15) is 34.6 Å². The van der Waals surface area contributed by atoms with Crippen LogP contribution in [0, 0.1) is 12.8 Å². The molecular weight excluding hydrogens is 276 g/mol. The van der Waals surface area contributed by atoms with Crippen LogP contribution in [-0.4, -0.2) is 58.4 Å². The largest absolute Gasteiger partial charge is 0.349 e. The van der Waals surface area contributed by atoms with E-state index in [4.69, 9.17) is 0 Å². The summed E-state index contributed by atoms with van der Waals surface area (Å²) in [5.41, 5.74) is 0.699. The third kappa shape index (κ3) is 3.33. The second-order valence-corrected chi connectivity index (χ2v) is 6.17. The molecule has 6 nitrogen and oxygen atoms in total. The monoisotopic (exact) mass is 296 g/mol. The number of aryl methyl sites for hydroxylation is 1. The van der Waals surface area contributed by atoms with Gasteiger partial charge in [-0.05, 0) is 37.2 Å². The van der Waals surface area contributed by atoms with Gasteiger partial charge in [0.05, 0.1) is 5.69 Å². The summed E-state index contributed by atoms with van der Waals surface area (Å²) in [6.07, 6.45) is 2.35. The molecule has 2 amide bonds. The van der Waals surface area contributed by atoms with Crippen molar-refractivity contribution in [3.05, 3.63) is 10.6 Å². The fraction of sp³-hybridized carbons (Fsp3) is 0.692. The van der Waals surface area contributed by atoms with E-state index in [0.717, 1.165) is 24.4 Å². The first-order valence-corrected chi connectivity index (χ1v) is 7.54. The Hall–Kier alpha value is -1.50. The van der Waals surface area contributed by atoms with Crippen LogP contribution < -0.4 is 0 Å². The van der Waals surface area contributed by atoms with E-state index in [1.165, 1.54) is 0 Å². The Morgan fingerprint density at radius 3 is 2.50 bits per heavy atom. The second kappa shape index (κ2) is 6.30. The highest BCUT2D eigenvalue weighted by Gasteiger charge is 2.27. The predicted molar refractivity (Wildman–Crippen MR) is 76.6 cm³/mol. The number of hydrogen-bond donors (Lipinski definition) is 0. The van der Waals surface area contributed by atoms with Crippen molar-refractivity contribution >= 4 is 23.3 Å². The molecule has 0 N–H and O–H groups in total. The highest BCUT2D eigenvalue weighted by molar-refractivity contribution is 7.07. The van der Waals surface area contributed by atoms with E-state index in [2.05, 4.69) is 9.59 Å². The number of hydrogen-bond acceptors (Lipinski definition) is 5. The summed E-state index contributed by atoms with van der Waals surface area (Å²) < 4.78 is 3.81. The Balaban J connectivity index is 1.87. The van der Waals surface area contributed by atoms with Crippen LogP contribution in [0.5, 0.6) is 0 Å². The first-order chi connectivity index (χ1) is 9.49. The number of piperidine rings is 1. The SMILES string of the molecule is Cc1nnsc1C(=O)N1CCC(CC(=O)N(C)C)CC1. The molecule has 2 heterocycles. The number of amides is 2. The lowest BCUT2D eigenvalue weighted by molar-refractivity contribution is -0.129. The number of rotatable bonds is 3. The summed E-state index contributed by atoms with van der Waals surface area (Å²) in [6, 6.07) is 0. The molecule has 0 aromatic carbocycles. The van der Waals surface area contributed by atoms with Gasteiger partial charge in [0.25, 0.3) is 5.91 Å². The first-order valence-electron chi connectivity index (χ1n) is 6.77. The molecule has 0 atom stereocenters. The molecule has 1 aromatic rings. The van der Waals surface area contributed by atoms with E-state index in [0.29, 0.717) is 36.0 Å². The summed E-state index contributed by atoms with van der Waals surface area (Å²) >= 11 is 1.15. The molecule has 1 fully saturated rings. The van der Waals surface area contributed by atoms with Crippen molar-refractivity contribution < 1.29 is 9.59 Å². The Bertz CT molecular complexity index is 492. The fourth-order valence-corrected chi connectivity index (χ4v) is 2.97. The summed E-state index contributed by atoms with van der Waals surface area (Å²) in [5.74, 6) is 0.571.